The summed E-state index contributed by atoms with van der Waals surface area (Å²) in [5.74, 6) is 0. The van der Waals surface area contributed by atoms with E-state index in [2.05, 4.69) is 35.1 Å². The van der Waals surface area contributed by atoms with Crippen molar-refractivity contribution in [1.82, 2.24) is 9.97 Å². The summed E-state index contributed by atoms with van der Waals surface area (Å²) in [7, 11) is 0. The number of imidazole rings is 1. The molecule has 1 N–H and O–H groups in total. The smallest absolute Gasteiger partial charge is 0.0929 e. The van der Waals surface area contributed by atoms with Crippen LogP contribution >= 0.6 is 0 Å². The summed E-state index contributed by atoms with van der Waals surface area (Å²) in [5.41, 5.74) is 6.54. The molecule has 2 heteroatoms. The largest absolute Gasteiger partial charge is 0.348 e. The zero-order valence-electron chi connectivity index (χ0n) is 8.88. The van der Waals surface area contributed by atoms with Gasteiger partial charge in [-0.1, -0.05) is 23.8 Å². The van der Waals surface area contributed by atoms with Crippen molar-refractivity contribution in [2.24, 2.45) is 0 Å². The first-order valence-electron chi connectivity index (χ1n) is 5.47. The van der Waals surface area contributed by atoms with E-state index >= 15 is 0 Å². The number of nitrogens with one attached hydrogen (secondary N) is 1. The molecule has 0 saturated carbocycles. The van der Waals surface area contributed by atoms with Gasteiger partial charge in [0, 0.05) is 11.3 Å². The molecular formula is C13H14N2. The highest BCUT2D eigenvalue weighted by molar-refractivity contribution is 5.67. The summed E-state index contributed by atoms with van der Waals surface area (Å²) in [6.07, 6.45) is 5.30. The Kier molecular flexibility index (Phi) is 1.88. The monoisotopic (exact) mass is 198 g/mol. The molecule has 0 saturated heterocycles. The molecule has 15 heavy (non-hydrogen) atoms. The zero-order valence-corrected chi connectivity index (χ0v) is 8.88. The van der Waals surface area contributed by atoms with Crippen LogP contribution in [0.25, 0.3) is 11.3 Å². The minimum absolute atomic E-state index is 1.11. The minimum Gasteiger partial charge on any atom is -0.348 e. The second-order valence-corrected chi connectivity index (χ2v) is 4.24. The van der Waals surface area contributed by atoms with Crippen LogP contribution in [0.5, 0.6) is 0 Å². The Hall–Kier alpha value is -1.57. The van der Waals surface area contributed by atoms with Crippen LogP contribution in [0.15, 0.2) is 24.5 Å². The van der Waals surface area contributed by atoms with Crippen molar-refractivity contribution < 1.29 is 0 Å². The fourth-order valence-electron chi connectivity index (χ4n) is 2.36. The van der Waals surface area contributed by atoms with E-state index in [-0.39, 0.29) is 0 Å². The van der Waals surface area contributed by atoms with Gasteiger partial charge in [-0.15, -0.1) is 0 Å². The second-order valence-electron chi connectivity index (χ2n) is 4.24. The Morgan fingerprint density at radius 3 is 3.13 bits per heavy atom. The molecular weight excluding hydrogens is 184 g/mol. The molecule has 0 atom stereocenters. The topological polar surface area (TPSA) is 28.7 Å². The van der Waals surface area contributed by atoms with Crippen molar-refractivity contribution in [3.05, 3.63) is 41.3 Å². The number of aryl methyl sites for hydroxylation is 3. The lowest BCUT2D eigenvalue weighted by Crippen LogP contribution is -1.88. The molecule has 0 amide bonds. The van der Waals surface area contributed by atoms with Gasteiger partial charge in [-0.2, -0.15) is 0 Å². The van der Waals surface area contributed by atoms with E-state index in [4.69, 9.17) is 0 Å². The molecule has 2 nitrogen and oxygen atoms in total. The number of H-pyrrole nitrogens is 1. The summed E-state index contributed by atoms with van der Waals surface area (Å²) in [4.78, 5) is 7.67. The average Bonchev–Trinajstić information content (AvgIpc) is 2.61. The Morgan fingerprint density at radius 2 is 2.20 bits per heavy atom. The normalized spacial score (nSPS) is 14.2. The quantitative estimate of drug-likeness (QED) is 0.692. The molecule has 0 aliphatic heterocycles. The predicted molar refractivity (Wildman–Crippen MR) is 60.8 cm³/mol. The summed E-state index contributed by atoms with van der Waals surface area (Å²) in [6, 6.07) is 6.66. The maximum atomic E-state index is 4.43. The predicted octanol–water partition coefficient (Wildman–Crippen LogP) is 2.87. The highest BCUT2D eigenvalue weighted by Crippen LogP contribution is 2.30. The van der Waals surface area contributed by atoms with Gasteiger partial charge in [0.2, 0.25) is 0 Å². The lowest BCUT2D eigenvalue weighted by atomic mass is 10.0. The van der Waals surface area contributed by atoms with Crippen LogP contribution in [0.1, 0.15) is 23.2 Å². The maximum Gasteiger partial charge on any atom is 0.0929 e. The summed E-state index contributed by atoms with van der Waals surface area (Å²) in [6.45, 7) is 2.15. The molecule has 1 heterocycles. The number of nitrogens with zero attached hydrogens (tertiary/aromatic N) is 1. The third-order valence-electron chi connectivity index (χ3n) is 3.11. The molecule has 0 fully saturated rings. The van der Waals surface area contributed by atoms with Gasteiger partial charge in [0.25, 0.3) is 0 Å². The Bertz CT molecular complexity index is 497. The molecule has 0 unspecified atom stereocenters. The van der Waals surface area contributed by atoms with Crippen LogP contribution < -0.4 is 0 Å². The van der Waals surface area contributed by atoms with Crippen LogP contribution in [0.4, 0.5) is 0 Å². The zero-order chi connectivity index (χ0) is 10.3. The first-order valence-corrected chi connectivity index (χ1v) is 5.47. The van der Waals surface area contributed by atoms with Crippen molar-refractivity contribution in [2.75, 3.05) is 0 Å². The fourth-order valence-corrected chi connectivity index (χ4v) is 2.36. The Labute approximate surface area is 89.4 Å². The number of rotatable bonds is 0. The van der Waals surface area contributed by atoms with E-state index in [9.17, 15) is 0 Å². The average molecular weight is 198 g/mol. The van der Waals surface area contributed by atoms with Gasteiger partial charge in [-0.25, -0.2) is 4.98 Å². The van der Waals surface area contributed by atoms with Crippen LogP contribution in [-0.4, -0.2) is 9.97 Å². The fraction of sp³-hybridized carbons (Fsp3) is 0.308. The molecule has 1 aliphatic carbocycles. The van der Waals surface area contributed by atoms with Crippen molar-refractivity contribution in [2.45, 2.75) is 26.2 Å². The van der Waals surface area contributed by atoms with E-state index in [0.29, 0.717) is 0 Å². The number of aromatic amines is 1. The molecule has 0 radical (unpaired) electrons. The van der Waals surface area contributed by atoms with Crippen molar-refractivity contribution >= 4 is 0 Å². The van der Waals surface area contributed by atoms with Gasteiger partial charge >= 0.3 is 0 Å². The van der Waals surface area contributed by atoms with Crippen LogP contribution in [-0.2, 0) is 12.8 Å². The van der Waals surface area contributed by atoms with Gasteiger partial charge in [-0.3, -0.25) is 0 Å². The van der Waals surface area contributed by atoms with Gasteiger partial charge in [0.15, 0.2) is 0 Å². The lowest BCUT2D eigenvalue weighted by Gasteiger charge is -2.05. The molecule has 3 rings (SSSR count). The molecule has 0 spiro atoms. The van der Waals surface area contributed by atoms with E-state index < -0.39 is 0 Å². The number of hydrogen-bond donors (Lipinski definition) is 1. The van der Waals surface area contributed by atoms with Gasteiger partial charge in [-0.05, 0) is 31.7 Å². The number of fused-ring (bicyclic) bond motifs is 3. The first-order chi connectivity index (χ1) is 7.34. The van der Waals surface area contributed by atoms with Crippen molar-refractivity contribution in [3.8, 4) is 11.3 Å². The first kappa shape index (κ1) is 8.72. The molecule has 1 aromatic heterocycles. The number of benzene rings is 1. The summed E-state index contributed by atoms with van der Waals surface area (Å²) < 4.78 is 0. The third-order valence-corrected chi connectivity index (χ3v) is 3.11. The molecule has 76 valence electrons. The standard InChI is InChI=1S/C13H14N2/c1-9-5-6-11-10(7-9)3-2-4-12-13(11)15-8-14-12/h5-8H,2-4H2,1H3,(H,14,15). The highest BCUT2D eigenvalue weighted by atomic mass is 14.9. The molecule has 1 aromatic carbocycles. The summed E-state index contributed by atoms with van der Waals surface area (Å²) in [5, 5.41) is 0. The van der Waals surface area contributed by atoms with Gasteiger partial charge < -0.3 is 4.98 Å². The Morgan fingerprint density at radius 1 is 1.27 bits per heavy atom. The van der Waals surface area contributed by atoms with E-state index in [1.165, 1.54) is 35.2 Å². The molecule has 0 bridgehead atoms. The Balaban J connectivity index is 2.25. The van der Waals surface area contributed by atoms with Crippen molar-refractivity contribution in [3.63, 3.8) is 0 Å². The van der Waals surface area contributed by atoms with E-state index in [0.717, 1.165) is 12.1 Å². The lowest BCUT2D eigenvalue weighted by molar-refractivity contribution is 0.817. The number of hydrogen-bond acceptors (Lipinski definition) is 1. The third kappa shape index (κ3) is 1.37. The SMILES string of the molecule is Cc1ccc2c(c1)CCCc1[nH]cnc1-2. The van der Waals surface area contributed by atoms with Crippen molar-refractivity contribution in [1.29, 1.82) is 0 Å². The second kappa shape index (κ2) is 3.23. The number of aromatic nitrogens is 2. The van der Waals surface area contributed by atoms with Crippen LogP contribution in [0.2, 0.25) is 0 Å². The van der Waals surface area contributed by atoms with E-state index in [1.807, 2.05) is 0 Å². The minimum atomic E-state index is 1.11. The molecule has 1 aliphatic rings. The molecule has 2 aromatic rings. The summed E-state index contributed by atoms with van der Waals surface area (Å²) >= 11 is 0. The van der Waals surface area contributed by atoms with Gasteiger partial charge in [0.1, 0.15) is 0 Å². The van der Waals surface area contributed by atoms with E-state index in [1.54, 1.807) is 6.33 Å². The van der Waals surface area contributed by atoms with Gasteiger partial charge in [0.05, 0.1) is 12.0 Å². The van der Waals surface area contributed by atoms with Crippen LogP contribution in [0.3, 0.4) is 0 Å². The van der Waals surface area contributed by atoms with Crippen LogP contribution in [0, 0.1) is 6.92 Å². The highest BCUT2D eigenvalue weighted by Gasteiger charge is 2.15. The maximum absolute atomic E-state index is 4.43.